The first-order valence-corrected chi connectivity index (χ1v) is 4.34. The van der Waals surface area contributed by atoms with Gasteiger partial charge in [0.2, 0.25) is 0 Å². The maximum atomic E-state index is 12.8. The lowest BCUT2D eigenvalue weighted by Gasteiger charge is -2.00. The summed E-state index contributed by atoms with van der Waals surface area (Å²) < 4.78 is 25.5. The third-order valence-electron chi connectivity index (χ3n) is 1.24. The molecule has 0 aliphatic heterocycles. The van der Waals surface area contributed by atoms with Gasteiger partial charge in [0.25, 0.3) is 0 Å². The van der Waals surface area contributed by atoms with Crippen molar-refractivity contribution in [2.75, 3.05) is 0 Å². The van der Waals surface area contributed by atoms with E-state index in [0.29, 0.717) is 0 Å². The first-order chi connectivity index (χ1) is 5.15. The van der Waals surface area contributed by atoms with Crippen LogP contribution in [-0.2, 0) is 5.33 Å². The largest absolute Gasteiger partial charge is 0.207 e. The topological polar surface area (TPSA) is 0 Å². The van der Waals surface area contributed by atoms with Crippen molar-refractivity contribution < 1.29 is 8.78 Å². The van der Waals surface area contributed by atoms with Crippen molar-refractivity contribution in [2.24, 2.45) is 0 Å². The molecule has 0 unspecified atom stereocenters. The molecule has 0 spiro atoms. The molecule has 0 N–H and O–H groups in total. The van der Waals surface area contributed by atoms with Crippen LogP contribution in [0.2, 0.25) is 5.02 Å². The fraction of sp³-hybridized carbons (Fsp3) is 0.143. The number of hydrogen-bond donors (Lipinski definition) is 0. The van der Waals surface area contributed by atoms with Crippen LogP contribution in [-0.4, -0.2) is 0 Å². The van der Waals surface area contributed by atoms with Crippen LogP contribution in [0.15, 0.2) is 12.1 Å². The highest BCUT2D eigenvalue weighted by Crippen LogP contribution is 2.20. The summed E-state index contributed by atoms with van der Waals surface area (Å²) in [6.07, 6.45) is 0. The fourth-order valence-electron chi connectivity index (χ4n) is 0.700. The van der Waals surface area contributed by atoms with Gasteiger partial charge in [-0.25, -0.2) is 8.78 Å². The Balaban J connectivity index is 3.25. The average Bonchev–Trinajstić information content (AvgIpc) is 1.85. The van der Waals surface area contributed by atoms with Gasteiger partial charge < -0.3 is 0 Å². The fourth-order valence-corrected chi connectivity index (χ4v) is 1.43. The minimum atomic E-state index is -0.619. The Kier molecular flexibility index (Phi) is 2.84. The predicted octanol–water partition coefficient (Wildman–Crippen LogP) is 3.51. The van der Waals surface area contributed by atoms with E-state index in [9.17, 15) is 8.78 Å². The summed E-state index contributed by atoms with van der Waals surface area (Å²) in [5.41, 5.74) is 0.00870. The van der Waals surface area contributed by atoms with E-state index < -0.39 is 11.6 Å². The molecule has 4 heteroatoms. The number of halogens is 4. The molecule has 0 radical (unpaired) electrons. The minimum absolute atomic E-state index is 0.00870. The quantitative estimate of drug-likeness (QED) is 0.660. The van der Waals surface area contributed by atoms with E-state index >= 15 is 0 Å². The van der Waals surface area contributed by atoms with Gasteiger partial charge in [-0.2, -0.15) is 0 Å². The van der Waals surface area contributed by atoms with Crippen molar-refractivity contribution in [3.8, 4) is 0 Å². The Morgan fingerprint density at radius 3 is 2.09 bits per heavy atom. The van der Waals surface area contributed by atoms with Crippen LogP contribution in [0.25, 0.3) is 0 Å². The molecule has 0 saturated carbocycles. The van der Waals surface area contributed by atoms with E-state index in [1.807, 2.05) is 0 Å². The lowest BCUT2D eigenvalue weighted by Crippen LogP contribution is -1.91. The molecule has 0 amide bonds. The van der Waals surface area contributed by atoms with Crippen molar-refractivity contribution in [1.29, 1.82) is 0 Å². The molecule has 0 heterocycles. The highest BCUT2D eigenvalue weighted by Gasteiger charge is 2.08. The van der Waals surface area contributed by atoms with E-state index in [1.54, 1.807) is 0 Å². The van der Waals surface area contributed by atoms with Crippen molar-refractivity contribution in [3.05, 3.63) is 34.4 Å². The first-order valence-electron chi connectivity index (χ1n) is 2.84. The SMILES string of the molecule is Fc1cc(Cl)cc(F)c1CBr. The predicted molar refractivity (Wildman–Crippen MR) is 44.0 cm³/mol. The van der Waals surface area contributed by atoms with E-state index in [0.717, 1.165) is 12.1 Å². The van der Waals surface area contributed by atoms with Gasteiger partial charge in [-0.3, -0.25) is 0 Å². The Bertz CT molecular complexity index is 252. The van der Waals surface area contributed by atoms with Gasteiger partial charge in [0.05, 0.1) is 0 Å². The van der Waals surface area contributed by atoms with Crippen LogP contribution in [0.1, 0.15) is 5.56 Å². The summed E-state index contributed by atoms with van der Waals surface area (Å²) in [7, 11) is 0. The summed E-state index contributed by atoms with van der Waals surface area (Å²) in [6.45, 7) is 0. The van der Waals surface area contributed by atoms with E-state index in [4.69, 9.17) is 11.6 Å². The van der Waals surface area contributed by atoms with Gasteiger partial charge in [0, 0.05) is 15.9 Å². The monoisotopic (exact) mass is 240 g/mol. The molecule has 0 atom stereocenters. The van der Waals surface area contributed by atoms with Gasteiger partial charge >= 0.3 is 0 Å². The van der Waals surface area contributed by atoms with E-state index in [-0.39, 0.29) is 15.9 Å². The normalized spacial score (nSPS) is 10.2. The molecule has 60 valence electrons. The molecule has 1 aromatic rings. The van der Waals surface area contributed by atoms with Crippen LogP contribution in [0.5, 0.6) is 0 Å². The van der Waals surface area contributed by atoms with Gasteiger partial charge in [-0.15, -0.1) is 0 Å². The Hall–Kier alpha value is -0.150. The molecule has 11 heavy (non-hydrogen) atoms. The van der Waals surface area contributed by atoms with E-state index in [2.05, 4.69) is 15.9 Å². The maximum absolute atomic E-state index is 12.8. The van der Waals surface area contributed by atoms with Crippen LogP contribution in [0.3, 0.4) is 0 Å². The van der Waals surface area contributed by atoms with E-state index in [1.165, 1.54) is 0 Å². The molecule has 1 rings (SSSR count). The van der Waals surface area contributed by atoms with Crippen molar-refractivity contribution in [3.63, 3.8) is 0 Å². The zero-order valence-corrected chi connectivity index (χ0v) is 7.72. The van der Waals surface area contributed by atoms with Crippen LogP contribution < -0.4 is 0 Å². The van der Waals surface area contributed by atoms with Gasteiger partial charge in [-0.05, 0) is 12.1 Å². The first kappa shape index (κ1) is 8.94. The minimum Gasteiger partial charge on any atom is -0.207 e. The molecule has 0 bridgehead atoms. The second-order valence-electron chi connectivity index (χ2n) is 1.98. The summed E-state index contributed by atoms with van der Waals surface area (Å²) in [4.78, 5) is 0. The Morgan fingerprint density at radius 1 is 1.27 bits per heavy atom. The molecular formula is C7H4BrClF2. The molecule has 1 aromatic carbocycles. The third kappa shape index (κ3) is 1.91. The standard InChI is InChI=1S/C7H4BrClF2/c8-3-5-6(10)1-4(9)2-7(5)11/h1-2H,3H2. The van der Waals surface area contributed by atoms with Crippen LogP contribution in [0.4, 0.5) is 8.78 Å². The van der Waals surface area contributed by atoms with Gasteiger partial charge in [0.15, 0.2) is 0 Å². The summed E-state index contributed by atoms with van der Waals surface area (Å²) in [5, 5.41) is 0.228. The maximum Gasteiger partial charge on any atom is 0.131 e. The lowest BCUT2D eigenvalue weighted by molar-refractivity contribution is 0.567. The number of rotatable bonds is 1. The highest BCUT2D eigenvalue weighted by molar-refractivity contribution is 9.08. The second kappa shape index (κ2) is 3.50. The van der Waals surface area contributed by atoms with Gasteiger partial charge in [-0.1, -0.05) is 27.5 Å². The number of alkyl halides is 1. The Morgan fingerprint density at radius 2 is 1.73 bits per heavy atom. The second-order valence-corrected chi connectivity index (χ2v) is 2.98. The molecule has 0 aromatic heterocycles. The molecular weight excluding hydrogens is 237 g/mol. The Labute approximate surface area is 76.3 Å². The molecule has 0 aliphatic rings. The van der Waals surface area contributed by atoms with Crippen molar-refractivity contribution >= 4 is 27.5 Å². The third-order valence-corrected chi connectivity index (χ3v) is 2.02. The zero-order valence-electron chi connectivity index (χ0n) is 5.37. The lowest BCUT2D eigenvalue weighted by atomic mass is 10.2. The molecule has 0 nitrogen and oxygen atoms in total. The summed E-state index contributed by atoms with van der Waals surface area (Å²) in [5.74, 6) is -1.24. The smallest absolute Gasteiger partial charge is 0.131 e. The van der Waals surface area contributed by atoms with Crippen LogP contribution >= 0.6 is 27.5 Å². The number of hydrogen-bond acceptors (Lipinski definition) is 0. The van der Waals surface area contributed by atoms with Crippen LogP contribution in [0, 0.1) is 11.6 Å². The van der Waals surface area contributed by atoms with Crippen molar-refractivity contribution in [1.82, 2.24) is 0 Å². The summed E-state index contributed by atoms with van der Waals surface area (Å²) >= 11 is 8.34. The molecule has 0 aliphatic carbocycles. The summed E-state index contributed by atoms with van der Waals surface area (Å²) in [6, 6.07) is 2.17. The zero-order chi connectivity index (χ0) is 8.43. The highest BCUT2D eigenvalue weighted by atomic mass is 79.9. The molecule has 0 fully saturated rings. The molecule has 0 saturated heterocycles. The van der Waals surface area contributed by atoms with Crippen molar-refractivity contribution in [2.45, 2.75) is 5.33 Å². The van der Waals surface area contributed by atoms with Gasteiger partial charge in [0.1, 0.15) is 11.6 Å². The average molecular weight is 241 g/mol. The number of benzene rings is 1.